The third kappa shape index (κ3) is 3.57. The minimum absolute atomic E-state index is 0.556. The van der Waals surface area contributed by atoms with Gasteiger partial charge >= 0.3 is 0 Å². The monoisotopic (exact) mass is 254 g/mol. The molecule has 2 unspecified atom stereocenters. The fourth-order valence-electron chi connectivity index (χ4n) is 2.53. The Kier molecular flexibility index (Phi) is 4.56. The highest BCUT2D eigenvalue weighted by atomic mass is 14.9. The summed E-state index contributed by atoms with van der Waals surface area (Å²) in [4.78, 5) is 4.09. The lowest BCUT2D eigenvalue weighted by Crippen LogP contribution is -2.23. The van der Waals surface area contributed by atoms with E-state index >= 15 is 0 Å². The first kappa shape index (κ1) is 13.6. The smallest absolute Gasteiger partial charge is 0.0692 e. The van der Waals surface area contributed by atoms with Crippen molar-refractivity contribution in [2.24, 2.45) is 0 Å². The van der Waals surface area contributed by atoms with Gasteiger partial charge in [-0.15, -0.1) is 0 Å². The molecule has 0 saturated heterocycles. The van der Waals surface area contributed by atoms with Crippen LogP contribution in [0.3, 0.4) is 0 Å². The van der Waals surface area contributed by atoms with Crippen molar-refractivity contribution < 1.29 is 4.57 Å². The number of rotatable bonds is 5. The zero-order valence-corrected chi connectivity index (χ0v) is 11.8. The highest BCUT2D eigenvalue weighted by Crippen LogP contribution is 2.31. The van der Waals surface area contributed by atoms with Crippen molar-refractivity contribution in [2.45, 2.75) is 38.5 Å². The van der Waals surface area contributed by atoms with Crippen molar-refractivity contribution in [2.75, 3.05) is 0 Å². The molecule has 0 saturated carbocycles. The lowest BCUT2D eigenvalue weighted by molar-refractivity contribution is -0.612. The van der Waals surface area contributed by atoms with Crippen molar-refractivity contribution in [1.82, 2.24) is 4.98 Å². The molecule has 2 atom stereocenters. The molecule has 2 rings (SSSR count). The SMILES string of the molecule is [CH2-][n+]1ccc(C(CC)CC(C)c2ccncc2)cc1. The lowest BCUT2D eigenvalue weighted by Gasteiger charge is -2.21. The van der Waals surface area contributed by atoms with Crippen LogP contribution < -0.4 is 4.57 Å². The first-order valence-corrected chi connectivity index (χ1v) is 6.92. The largest absolute Gasteiger partial charge is 0.339 e. The molecule has 0 N–H and O–H groups in total. The minimum atomic E-state index is 0.556. The number of hydrogen-bond acceptors (Lipinski definition) is 1. The van der Waals surface area contributed by atoms with Gasteiger partial charge in [0.2, 0.25) is 0 Å². The topological polar surface area (TPSA) is 16.8 Å². The minimum Gasteiger partial charge on any atom is -0.339 e. The summed E-state index contributed by atoms with van der Waals surface area (Å²) in [5, 5.41) is 0. The number of aromatic nitrogens is 2. The predicted octanol–water partition coefficient (Wildman–Crippen LogP) is 3.70. The van der Waals surface area contributed by atoms with Crippen LogP contribution in [0.15, 0.2) is 49.1 Å². The van der Waals surface area contributed by atoms with Gasteiger partial charge in [0, 0.05) is 19.4 Å². The Bertz CT molecular complexity index is 490. The van der Waals surface area contributed by atoms with Gasteiger partial charge in [-0.25, -0.2) is 0 Å². The van der Waals surface area contributed by atoms with Crippen LogP contribution in [-0.2, 0) is 0 Å². The van der Waals surface area contributed by atoms with E-state index in [-0.39, 0.29) is 0 Å². The zero-order chi connectivity index (χ0) is 13.7. The summed E-state index contributed by atoms with van der Waals surface area (Å²) < 4.78 is 1.84. The molecule has 2 aromatic heterocycles. The third-order valence-corrected chi connectivity index (χ3v) is 3.79. The molecular weight excluding hydrogens is 232 g/mol. The summed E-state index contributed by atoms with van der Waals surface area (Å²) in [7, 11) is 3.87. The van der Waals surface area contributed by atoms with Gasteiger partial charge in [-0.1, -0.05) is 31.5 Å². The van der Waals surface area contributed by atoms with E-state index in [0.29, 0.717) is 11.8 Å². The standard InChI is InChI=1S/C17H22N2/c1-4-15(17-7-11-19(3)12-8-17)13-14(2)16-5-9-18-10-6-16/h5-12,14-15H,3-4,13H2,1-2H3. The van der Waals surface area contributed by atoms with Crippen LogP contribution in [-0.4, -0.2) is 4.98 Å². The summed E-state index contributed by atoms with van der Waals surface area (Å²) >= 11 is 0. The van der Waals surface area contributed by atoms with Crippen LogP contribution in [0.4, 0.5) is 0 Å². The van der Waals surface area contributed by atoms with E-state index in [1.54, 1.807) is 0 Å². The molecule has 0 aliphatic carbocycles. The molecule has 0 radical (unpaired) electrons. The Labute approximate surface area is 116 Å². The van der Waals surface area contributed by atoms with Crippen molar-refractivity contribution in [3.63, 3.8) is 0 Å². The van der Waals surface area contributed by atoms with Crippen LogP contribution >= 0.6 is 0 Å². The molecule has 19 heavy (non-hydrogen) atoms. The second-order valence-corrected chi connectivity index (χ2v) is 5.17. The zero-order valence-electron chi connectivity index (χ0n) is 11.8. The van der Waals surface area contributed by atoms with Crippen LogP contribution in [0.1, 0.15) is 49.7 Å². The van der Waals surface area contributed by atoms with Crippen LogP contribution in [0.2, 0.25) is 0 Å². The second kappa shape index (κ2) is 6.37. The summed E-state index contributed by atoms with van der Waals surface area (Å²) in [6, 6.07) is 8.60. The lowest BCUT2D eigenvalue weighted by atomic mass is 9.85. The summed E-state index contributed by atoms with van der Waals surface area (Å²) in [6.07, 6.45) is 10.1. The predicted molar refractivity (Wildman–Crippen MR) is 77.7 cm³/mol. The fraction of sp³-hybridized carbons (Fsp3) is 0.353. The summed E-state index contributed by atoms with van der Waals surface area (Å²) in [5.74, 6) is 1.16. The van der Waals surface area contributed by atoms with Gasteiger partial charge in [0.1, 0.15) is 0 Å². The van der Waals surface area contributed by atoms with Crippen molar-refractivity contribution >= 4 is 0 Å². The van der Waals surface area contributed by atoms with E-state index in [9.17, 15) is 0 Å². The molecule has 100 valence electrons. The number of nitrogens with zero attached hydrogens (tertiary/aromatic N) is 2. The second-order valence-electron chi connectivity index (χ2n) is 5.17. The van der Waals surface area contributed by atoms with Crippen LogP contribution in [0.5, 0.6) is 0 Å². The maximum atomic E-state index is 4.09. The molecule has 2 heteroatoms. The Morgan fingerprint density at radius 2 is 1.74 bits per heavy atom. The average molecular weight is 254 g/mol. The van der Waals surface area contributed by atoms with E-state index in [1.165, 1.54) is 17.5 Å². The normalized spacial score (nSPS) is 14.0. The van der Waals surface area contributed by atoms with Gasteiger partial charge < -0.3 is 4.57 Å². The quantitative estimate of drug-likeness (QED) is 0.587. The third-order valence-electron chi connectivity index (χ3n) is 3.79. The molecular formula is C17H22N2. The van der Waals surface area contributed by atoms with Gasteiger partial charge in [-0.2, -0.15) is 0 Å². The molecule has 2 heterocycles. The van der Waals surface area contributed by atoms with E-state index in [0.717, 1.165) is 6.42 Å². The molecule has 0 aliphatic heterocycles. The Balaban J connectivity index is 2.09. The Morgan fingerprint density at radius 3 is 2.32 bits per heavy atom. The van der Waals surface area contributed by atoms with E-state index in [2.05, 4.69) is 50.1 Å². The first-order chi connectivity index (χ1) is 9.20. The summed E-state index contributed by atoms with van der Waals surface area (Å²) in [6.45, 7) is 4.55. The van der Waals surface area contributed by atoms with Crippen LogP contribution in [0, 0.1) is 7.05 Å². The maximum Gasteiger partial charge on any atom is 0.0692 e. The van der Waals surface area contributed by atoms with Gasteiger partial charge in [-0.3, -0.25) is 4.98 Å². The van der Waals surface area contributed by atoms with Gasteiger partial charge in [0.05, 0.1) is 12.4 Å². The molecule has 0 spiro atoms. The van der Waals surface area contributed by atoms with Crippen molar-refractivity contribution in [3.05, 3.63) is 67.2 Å². The molecule has 2 nitrogen and oxygen atoms in total. The molecule has 0 aliphatic rings. The highest BCUT2D eigenvalue weighted by molar-refractivity contribution is 5.19. The van der Waals surface area contributed by atoms with Gasteiger partial charge in [0.25, 0.3) is 0 Å². The Hall–Kier alpha value is -1.83. The molecule has 0 fully saturated rings. The van der Waals surface area contributed by atoms with E-state index in [1.807, 2.05) is 29.4 Å². The maximum absolute atomic E-state index is 4.09. The van der Waals surface area contributed by atoms with E-state index < -0.39 is 0 Å². The van der Waals surface area contributed by atoms with Gasteiger partial charge in [-0.05, 0) is 42.4 Å². The average Bonchev–Trinajstić information content (AvgIpc) is 2.46. The molecule has 0 bridgehead atoms. The highest BCUT2D eigenvalue weighted by Gasteiger charge is 2.14. The van der Waals surface area contributed by atoms with Crippen molar-refractivity contribution in [1.29, 1.82) is 0 Å². The number of pyridine rings is 2. The first-order valence-electron chi connectivity index (χ1n) is 6.92. The van der Waals surface area contributed by atoms with Crippen molar-refractivity contribution in [3.8, 4) is 0 Å². The Morgan fingerprint density at radius 1 is 1.11 bits per heavy atom. The molecule has 0 aromatic carbocycles. The molecule has 2 aromatic rings. The van der Waals surface area contributed by atoms with E-state index in [4.69, 9.17) is 0 Å². The number of hydrogen-bond donors (Lipinski definition) is 0. The van der Waals surface area contributed by atoms with Crippen LogP contribution in [0.25, 0.3) is 0 Å². The summed E-state index contributed by atoms with van der Waals surface area (Å²) in [5.41, 5.74) is 2.78. The molecule has 0 amide bonds. The van der Waals surface area contributed by atoms with Gasteiger partial charge in [0.15, 0.2) is 0 Å². The fourth-order valence-corrected chi connectivity index (χ4v) is 2.53.